The Bertz CT molecular complexity index is 339. The molecule has 0 bridgehead atoms. The van der Waals surface area contributed by atoms with Crippen LogP contribution in [0.2, 0.25) is 0 Å². The molecule has 1 unspecified atom stereocenters. The van der Waals surface area contributed by atoms with Gasteiger partial charge >= 0.3 is 0 Å². The Balaban J connectivity index is 2.92. The first-order chi connectivity index (χ1) is 9.06. The van der Waals surface area contributed by atoms with Gasteiger partial charge in [-0.3, -0.25) is 0 Å². The predicted octanol–water partition coefficient (Wildman–Crippen LogP) is 2.50. The third kappa shape index (κ3) is 4.60. The van der Waals surface area contributed by atoms with Crippen LogP contribution in [0.3, 0.4) is 0 Å². The first-order valence-electron chi connectivity index (χ1n) is 7.11. The number of aliphatic hydroxyl groups excluding tert-OH is 2. The molecule has 0 aliphatic carbocycles. The lowest BCUT2D eigenvalue weighted by Crippen LogP contribution is -2.52. The van der Waals surface area contributed by atoms with Crippen LogP contribution in [-0.4, -0.2) is 29.0 Å². The van der Waals surface area contributed by atoms with E-state index in [-0.39, 0.29) is 19.3 Å². The first kappa shape index (κ1) is 16.2. The van der Waals surface area contributed by atoms with Gasteiger partial charge in [-0.05, 0) is 24.3 Å². The molecule has 0 heterocycles. The maximum atomic E-state index is 9.58. The van der Waals surface area contributed by atoms with Crippen molar-refractivity contribution in [2.75, 3.05) is 13.2 Å². The molecule has 0 radical (unpaired) electrons. The highest BCUT2D eigenvalue weighted by atomic mass is 16.3. The summed E-state index contributed by atoms with van der Waals surface area (Å²) in [6.07, 6.45) is 1.67. The van der Waals surface area contributed by atoms with Crippen LogP contribution in [0.25, 0.3) is 0 Å². The van der Waals surface area contributed by atoms with Crippen molar-refractivity contribution in [1.29, 1.82) is 0 Å². The summed E-state index contributed by atoms with van der Waals surface area (Å²) in [5.74, 6) is 0.546. The van der Waals surface area contributed by atoms with Crippen LogP contribution in [0.4, 0.5) is 0 Å². The Hall–Kier alpha value is -0.900. The number of hydrogen-bond donors (Lipinski definition) is 3. The summed E-state index contributed by atoms with van der Waals surface area (Å²) in [6.45, 7) is 6.24. The molecule has 3 N–H and O–H groups in total. The number of aliphatic hydroxyl groups is 2. The van der Waals surface area contributed by atoms with Crippen LogP contribution >= 0.6 is 0 Å². The molecule has 0 spiro atoms. The Labute approximate surface area is 116 Å². The van der Waals surface area contributed by atoms with Crippen molar-refractivity contribution in [2.24, 2.45) is 5.92 Å². The third-order valence-corrected chi connectivity index (χ3v) is 3.67. The minimum absolute atomic E-state index is 0.0541. The van der Waals surface area contributed by atoms with Crippen molar-refractivity contribution in [1.82, 2.24) is 5.32 Å². The number of rotatable bonds is 8. The van der Waals surface area contributed by atoms with E-state index in [2.05, 4.69) is 31.3 Å². The second-order valence-corrected chi connectivity index (χ2v) is 5.69. The summed E-state index contributed by atoms with van der Waals surface area (Å²) in [4.78, 5) is 0. The highest BCUT2D eigenvalue weighted by Crippen LogP contribution is 2.25. The summed E-state index contributed by atoms with van der Waals surface area (Å²) in [5.41, 5.74) is 0.603. The van der Waals surface area contributed by atoms with Crippen LogP contribution in [0.1, 0.15) is 45.2 Å². The Kier molecular flexibility index (Phi) is 6.49. The van der Waals surface area contributed by atoms with Crippen LogP contribution in [0.15, 0.2) is 30.3 Å². The smallest absolute Gasteiger partial charge is 0.0650 e. The van der Waals surface area contributed by atoms with E-state index in [0.717, 1.165) is 6.42 Å². The summed E-state index contributed by atoms with van der Waals surface area (Å²) < 4.78 is 0. The number of benzene rings is 1. The lowest BCUT2D eigenvalue weighted by molar-refractivity contribution is 0.0746. The second kappa shape index (κ2) is 7.63. The largest absolute Gasteiger partial charge is 0.394 e. The van der Waals surface area contributed by atoms with Crippen molar-refractivity contribution in [3.63, 3.8) is 0 Å². The van der Waals surface area contributed by atoms with Gasteiger partial charge in [0.15, 0.2) is 0 Å². The molecule has 0 saturated carbocycles. The third-order valence-electron chi connectivity index (χ3n) is 3.67. The molecule has 1 aromatic rings. The van der Waals surface area contributed by atoms with Gasteiger partial charge in [-0.1, -0.05) is 51.1 Å². The van der Waals surface area contributed by atoms with Crippen molar-refractivity contribution in [3.05, 3.63) is 35.9 Å². The zero-order chi connectivity index (χ0) is 14.3. The fraction of sp³-hybridized carbons (Fsp3) is 0.625. The van der Waals surface area contributed by atoms with Gasteiger partial charge in [0.2, 0.25) is 0 Å². The van der Waals surface area contributed by atoms with E-state index in [4.69, 9.17) is 0 Å². The molecule has 0 saturated heterocycles. The molecule has 1 aromatic carbocycles. The van der Waals surface area contributed by atoms with Gasteiger partial charge < -0.3 is 15.5 Å². The van der Waals surface area contributed by atoms with E-state index in [0.29, 0.717) is 12.3 Å². The standard InChI is InChI=1S/C16H27NO2/c1-4-16(11-18,12-19)17-15(10-13(2)3)14-8-6-5-7-9-14/h5-9,13,15,17-19H,4,10-12H2,1-3H3. The van der Waals surface area contributed by atoms with Gasteiger partial charge in [0.25, 0.3) is 0 Å². The van der Waals surface area contributed by atoms with E-state index in [9.17, 15) is 10.2 Å². The van der Waals surface area contributed by atoms with E-state index in [1.54, 1.807) is 0 Å². The molecule has 0 aliphatic rings. The molecule has 3 nitrogen and oxygen atoms in total. The summed E-state index contributed by atoms with van der Waals surface area (Å²) >= 11 is 0. The average Bonchev–Trinajstić information content (AvgIpc) is 2.44. The van der Waals surface area contributed by atoms with Gasteiger partial charge in [-0.2, -0.15) is 0 Å². The van der Waals surface area contributed by atoms with Crippen molar-refractivity contribution in [2.45, 2.75) is 45.2 Å². The van der Waals surface area contributed by atoms with E-state index in [1.807, 2.05) is 25.1 Å². The minimum Gasteiger partial charge on any atom is -0.394 e. The molecule has 0 fully saturated rings. The molecule has 19 heavy (non-hydrogen) atoms. The first-order valence-corrected chi connectivity index (χ1v) is 7.11. The summed E-state index contributed by atoms with van der Waals surface area (Å²) in [5, 5.41) is 22.6. The summed E-state index contributed by atoms with van der Waals surface area (Å²) in [6, 6.07) is 10.4. The topological polar surface area (TPSA) is 52.5 Å². The normalized spacial score (nSPS) is 13.8. The lowest BCUT2D eigenvalue weighted by Gasteiger charge is -2.35. The summed E-state index contributed by atoms with van der Waals surface area (Å²) in [7, 11) is 0. The molecule has 108 valence electrons. The lowest BCUT2D eigenvalue weighted by atomic mass is 9.91. The highest BCUT2D eigenvalue weighted by molar-refractivity contribution is 5.19. The van der Waals surface area contributed by atoms with Crippen LogP contribution < -0.4 is 5.32 Å². The fourth-order valence-corrected chi connectivity index (χ4v) is 2.27. The minimum atomic E-state index is -0.602. The zero-order valence-corrected chi connectivity index (χ0v) is 12.3. The molecule has 0 aromatic heterocycles. The molecule has 1 atom stereocenters. The van der Waals surface area contributed by atoms with Gasteiger partial charge in [-0.15, -0.1) is 0 Å². The maximum Gasteiger partial charge on any atom is 0.0650 e. The Morgan fingerprint density at radius 3 is 2.11 bits per heavy atom. The molecule has 3 heteroatoms. The molecular weight excluding hydrogens is 238 g/mol. The Morgan fingerprint density at radius 1 is 1.11 bits per heavy atom. The van der Waals surface area contributed by atoms with Crippen molar-refractivity contribution in [3.8, 4) is 0 Å². The molecular formula is C16H27NO2. The van der Waals surface area contributed by atoms with Crippen LogP contribution in [-0.2, 0) is 0 Å². The predicted molar refractivity (Wildman–Crippen MR) is 79.0 cm³/mol. The van der Waals surface area contributed by atoms with Gasteiger partial charge in [0.05, 0.1) is 18.8 Å². The van der Waals surface area contributed by atoms with Crippen LogP contribution in [0.5, 0.6) is 0 Å². The molecule has 1 rings (SSSR count). The maximum absolute atomic E-state index is 9.58. The van der Waals surface area contributed by atoms with Crippen LogP contribution in [0, 0.1) is 5.92 Å². The average molecular weight is 265 g/mol. The second-order valence-electron chi connectivity index (χ2n) is 5.69. The molecule has 0 aliphatic heterocycles. The van der Waals surface area contributed by atoms with Crippen molar-refractivity contribution < 1.29 is 10.2 Å². The monoisotopic (exact) mass is 265 g/mol. The SMILES string of the molecule is CCC(CO)(CO)NC(CC(C)C)c1ccccc1. The van der Waals surface area contributed by atoms with Gasteiger partial charge in [-0.25, -0.2) is 0 Å². The van der Waals surface area contributed by atoms with Gasteiger partial charge in [0, 0.05) is 6.04 Å². The van der Waals surface area contributed by atoms with E-state index in [1.165, 1.54) is 5.56 Å². The zero-order valence-electron chi connectivity index (χ0n) is 12.3. The Morgan fingerprint density at radius 2 is 1.68 bits per heavy atom. The molecule has 0 amide bonds. The van der Waals surface area contributed by atoms with E-state index >= 15 is 0 Å². The fourth-order valence-electron chi connectivity index (χ4n) is 2.27. The highest BCUT2D eigenvalue weighted by Gasteiger charge is 2.30. The number of nitrogens with one attached hydrogen (secondary N) is 1. The van der Waals surface area contributed by atoms with E-state index < -0.39 is 5.54 Å². The number of hydrogen-bond acceptors (Lipinski definition) is 3. The van der Waals surface area contributed by atoms with Crippen molar-refractivity contribution >= 4 is 0 Å². The van der Waals surface area contributed by atoms with Gasteiger partial charge in [0.1, 0.15) is 0 Å². The quantitative estimate of drug-likeness (QED) is 0.677.